The number of hydrazone groups is 1. The van der Waals surface area contributed by atoms with Crippen LogP contribution in [0.1, 0.15) is 5.56 Å². The molecule has 0 bridgehead atoms. The number of nitrogens with zero attached hydrogens (tertiary/aromatic N) is 4. The van der Waals surface area contributed by atoms with E-state index in [0.717, 1.165) is 15.7 Å². The Morgan fingerprint density at radius 2 is 1.78 bits per heavy atom. The first-order valence-corrected chi connectivity index (χ1v) is 11.4. The SMILES string of the molecule is O=C(CSc1nnc(-c2ccccc2)n1-c1ccccc1)N/N=C\c1cc(Br)ccc1O. The summed E-state index contributed by atoms with van der Waals surface area (Å²) >= 11 is 4.60. The first kappa shape index (κ1) is 21.8. The van der Waals surface area contributed by atoms with E-state index in [0.29, 0.717) is 16.5 Å². The maximum atomic E-state index is 12.3. The number of carbonyl (C=O) groups excluding carboxylic acids is 1. The second kappa shape index (κ2) is 10.3. The summed E-state index contributed by atoms with van der Waals surface area (Å²) in [5.74, 6) is 0.569. The second-order valence-corrected chi connectivity index (χ2v) is 8.49. The molecule has 0 unspecified atom stereocenters. The van der Waals surface area contributed by atoms with Crippen LogP contribution >= 0.6 is 27.7 Å². The molecule has 0 aliphatic rings. The number of halogens is 1. The average molecular weight is 508 g/mol. The molecule has 0 atom stereocenters. The van der Waals surface area contributed by atoms with E-state index in [4.69, 9.17) is 0 Å². The zero-order valence-corrected chi connectivity index (χ0v) is 19.1. The van der Waals surface area contributed by atoms with E-state index in [1.54, 1.807) is 18.2 Å². The Balaban J connectivity index is 1.48. The number of amides is 1. The number of phenols is 1. The van der Waals surface area contributed by atoms with Gasteiger partial charge < -0.3 is 5.11 Å². The molecule has 0 fully saturated rings. The Kier molecular flexibility index (Phi) is 6.98. The third-order valence-corrected chi connectivity index (χ3v) is 5.82. The lowest BCUT2D eigenvalue weighted by Crippen LogP contribution is -2.20. The first-order chi connectivity index (χ1) is 15.6. The summed E-state index contributed by atoms with van der Waals surface area (Å²) < 4.78 is 2.73. The molecule has 4 aromatic rings. The van der Waals surface area contributed by atoms with Crippen LogP contribution in [0.15, 0.2) is 93.6 Å². The smallest absolute Gasteiger partial charge is 0.250 e. The van der Waals surface area contributed by atoms with Gasteiger partial charge in [0.05, 0.1) is 12.0 Å². The Morgan fingerprint density at radius 1 is 1.06 bits per heavy atom. The van der Waals surface area contributed by atoms with Crippen molar-refractivity contribution in [2.75, 3.05) is 5.75 Å². The topological polar surface area (TPSA) is 92.4 Å². The molecule has 1 amide bonds. The number of aromatic nitrogens is 3. The van der Waals surface area contributed by atoms with Crippen molar-refractivity contribution < 1.29 is 9.90 Å². The van der Waals surface area contributed by atoms with Crippen LogP contribution in [0.25, 0.3) is 17.1 Å². The monoisotopic (exact) mass is 507 g/mol. The summed E-state index contributed by atoms with van der Waals surface area (Å²) in [7, 11) is 0. The minimum absolute atomic E-state index is 0.0741. The van der Waals surface area contributed by atoms with Crippen LogP contribution in [0.4, 0.5) is 0 Å². The number of benzene rings is 3. The molecule has 4 rings (SSSR count). The van der Waals surface area contributed by atoms with Crippen molar-refractivity contribution in [1.82, 2.24) is 20.2 Å². The van der Waals surface area contributed by atoms with Crippen molar-refractivity contribution in [2.24, 2.45) is 5.10 Å². The van der Waals surface area contributed by atoms with Gasteiger partial charge in [-0.1, -0.05) is 76.2 Å². The Morgan fingerprint density at radius 3 is 2.53 bits per heavy atom. The summed E-state index contributed by atoms with van der Waals surface area (Å²) in [6.07, 6.45) is 1.39. The van der Waals surface area contributed by atoms with Crippen LogP contribution in [-0.4, -0.2) is 37.7 Å². The molecule has 0 spiro atoms. The van der Waals surface area contributed by atoms with Crippen LogP contribution in [0, 0.1) is 0 Å². The molecular formula is C23H18BrN5O2S. The van der Waals surface area contributed by atoms with Gasteiger partial charge in [0, 0.05) is 21.3 Å². The predicted molar refractivity (Wildman–Crippen MR) is 129 cm³/mol. The van der Waals surface area contributed by atoms with Crippen LogP contribution in [-0.2, 0) is 4.79 Å². The highest BCUT2D eigenvalue weighted by molar-refractivity contribution is 9.10. The number of hydrogen-bond acceptors (Lipinski definition) is 6. The molecule has 0 aliphatic carbocycles. The lowest BCUT2D eigenvalue weighted by molar-refractivity contribution is -0.118. The molecule has 7 nitrogen and oxygen atoms in total. The average Bonchev–Trinajstić information content (AvgIpc) is 3.25. The lowest BCUT2D eigenvalue weighted by Gasteiger charge is -2.10. The number of aromatic hydroxyl groups is 1. The summed E-state index contributed by atoms with van der Waals surface area (Å²) in [6, 6.07) is 24.5. The first-order valence-electron chi connectivity index (χ1n) is 9.61. The zero-order valence-electron chi connectivity index (χ0n) is 16.7. The summed E-state index contributed by atoms with van der Waals surface area (Å²) in [5.41, 5.74) is 4.80. The maximum absolute atomic E-state index is 12.3. The maximum Gasteiger partial charge on any atom is 0.250 e. The second-order valence-electron chi connectivity index (χ2n) is 6.63. The molecule has 2 N–H and O–H groups in total. The fourth-order valence-electron chi connectivity index (χ4n) is 2.91. The number of carbonyl (C=O) groups is 1. The van der Waals surface area contributed by atoms with E-state index in [1.165, 1.54) is 18.0 Å². The summed E-state index contributed by atoms with van der Waals surface area (Å²) in [5, 5.41) is 23.0. The highest BCUT2D eigenvalue weighted by atomic mass is 79.9. The number of thioether (sulfide) groups is 1. The highest BCUT2D eigenvalue weighted by Gasteiger charge is 2.17. The number of rotatable bonds is 7. The molecule has 0 saturated carbocycles. The van der Waals surface area contributed by atoms with Crippen LogP contribution < -0.4 is 5.43 Å². The summed E-state index contributed by atoms with van der Waals surface area (Å²) in [6.45, 7) is 0. The lowest BCUT2D eigenvalue weighted by atomic mass is 10.2. The fraction of sp³-hybridized carbons (Fsp3) is 0.0435. The number of para-hydroxylation sites is 1. The third-order valence-electron chi connectivity index (χ3n) is 4.39. The van der Waals surface area contributed by atoms with E-state index >= 15 is 0 Å². The third kappa shape index (κ3) is 5.24. The Hall–Kier alpha value is -3.43. The van der Waals surface area contributed by atoms with Gasteiger partial charge in [-0.2, -0.15) is 5.10 Å². The Labute approximate surface area is 197 Å². The molecule has 3 aromatic carbocycles. The van der Waals surface area contributed by atoms with Crippen LogP contribution in [0.5, 0.6) is 5.75 Å². The molecule has 1 heterocycles. The fourth-order valence-corrected chi connectivity index (χ4v) is 4.04. The van der Waals surface area contributed by atoms with Crippen molar-refractivity contribution in [3.05, 3.63) is 88.9 Å². The largest absolute Gasteiger partial charge is 0.507 e. The van der Waals surface area contributed by atoms with E-state index in [-0.39, 0.29) is 17.4 Å². The zero-order chi connectivity index (χ0) is 22.3. The standard InChI is InChI=1S/C23H18BrN5O2S/c24-18-11-12-20(30)17(13-18)14-25-26-21(31)15-32-23-28-27-22(16-7-3-1-4-8-16)29(23)19-9-5-2-6-10-19/h1-14,30H,15H2,(H,26,31)/b25-14-. The van der Waals surface area contributed by atoms with Gasteiger partial charge in [0.25, 0.3) is 5.91 Å². The normalized spacial score (nSPS) is 11.0. The van der Waals surface area contributed by atoms with Crippen LogP contribution in [0.3, 0.4) is 0 Å². The number of hydrogen-bond donors (Lipinski definition) is 2. The van der Waals surface area contributed by atoms with E-state index in [9.17, 15) is 9.90 Å². The van der Waals surface area contributed by atoms with Crippen molar-refractivity contribution in [3.63, 3.8) is 0 Å². The minimum atomic E-state index is -0.301. The number of nitrogens with one attached hydrogen (secondary N) is 1. The van der Waals surface area contributed by atoms with Crippen molar-refractivity contribution in [2.45, 2.75) is 5.16 Å². The van der Waals surface area contributed by atoms with Gasteiger partial charge in [-0.15, -0.1) is 10.2 Å². The van der Waals surface area contributed by atoms with E-state index in [1.807, 2.05) is 65.2 Å². The molecule has 9 heteroatoms. The van der Waals surface area contributed by atoms with Gasteiger partial charge >= 0.3 is 0 Å². The van der Waals surface area contributed by atoms with E-state index in [2.05, 4.69) is 36.7 Å². The number of phenolic OH excluding ortho intramolecular Hbond substituents is 1. The molecule has 160 valence electrons. The van der Waals surface area contributed by atoms with Crippen molar-refractivity contribution >= 4 is 39.8 Å². The van der Waals surface area contributed by atoms with Gasteiger partial charge in [0.2, 0.25) is 0 Å². The van der Waals surface area contributed by atoms with Gasteiger partial charge in [-0.25, -0.2) is 5.43 Å². The quantitative estimate of drug-likeness (QED) is 0.216. The van der Waals surface area contributed by atoms with Gasteiger partial charge in [-0.05, 0) is 30.3 Å². The van der Waals surface area contributed by atoms with Crippen LogP contribution in [0.2, 0.25) is 0 Å². The van der Waals surface area contributed by atoms with Gasteiger partial charge in [0.1, 0.15) is 5.75 Å². The Bertz CT molecular complexity index is 1250. The molecule has 0 aliphatic heterocycles. The predicted octanol–water partition coefficient (Wildman–Crippen LogP) is 4.64. The van der Waals surface area contributed by atoms with Gasteiger partial charge in [-0.3, -0.25) is 9.36 Å². The van der Waals surface area contributed by atoms with Crippen molar-refractivity contribution in [1.29, 1.82) is 0 Å². The molecule has 1 aromatic heterocycles. The summed E-state index contributed by atoms with van der Waals surface area (Å²) in [4.78, 5) is 12.3. The molecule has 32 heavy (non-hydrogen) atoms. The molecule has 0 saturated heterocycles. The molecule has 0 radical (unpaired) electrons. The minimum Gasteiger partial charge on any atom is -0.507 e. The highest BCUT2D eigenvalue weighted by Crippen LogP contribution is 2.27. The molecular weight excluding hydrogens is 490 g/mol. The van der Waals surface area contributed by atoms with Crippen molar-refractivity contribution in [3.8, 4) is 22.8 Å². The van der Waals surface area contributed by atoms with E-state index < -0.39 is 0 Å². The van der Waals surface area contributed by atoms with Gasteiger partial charge in [0.15, 0.2) is 11.0 Å².